The Morgan fingerprint density at radius 1 is 1.41 bits per heavy atom. The molecule has 0 radical (unpaired) electrons. The highest BCUT2D eigenvalue weighted by molar-refractivity contribution is 6.00. The summed E-state index contributed by atoms with van der Waals surface area (Å²) in [5, 5.41) is 11.9. The average molecular weight is 372 g/mol. The molecule has 2 aromatic rings. The van der Waals surface area contributed by atoms with Crippen molar-refractivity contribution in [3.8, 4) is 5.75 Å². The molecule has 1 saturated heterocycles. The van der Waals surface area contributed by atoms with E-state index in [4.69, 9.17) is 4.74 Å². The predicted octanol–water partition coefficient (Wildman–Crippen LogP) is 0.583. The Kier molecular flexibility index (Phi) is 5.39. The quantitative estimate of drug-likeness (QED) is 0.653. The van der Waals surface area contributed by atoms with Crippen LogP contribution in [-0.4, -0.2) is 52.6 Å². The SMILES string of the molecule is COc1ccc(N2CC(C(=O)NC(Cc3cnc[nH]3)C(=O)O)CC2=O)cc1. The number of rotatable bonds is 7. The zero-order valence-electron chi connectivity index (χ0n) is 14.7. The van der Waals surface area contributed by atoms with Crippen LogP contribution in [0.1, 0.15) is 12.1 Å². The van der Waals surface area contributed by atoms with Crippen molar-refractivity contribution in [2.45, 2.75) is 18.9 Å². The highest BCUT2D eigenvalue weighted by Gasteiger charge is 2.36. The van der Waals surface area contributed by atoms with Crippen molar-refractivity contribution in [1.82, 2.24) is 15.3 Å². The van der Waals surface area contributed by atoms with E-state index in [0.29, 0.717) is 17.1 Å². The maximum Gasteiger partial charge on any atom is 0.326 e. The van der Waals surface area contributed by atoms with Crippen molar-refractivity contribution in [3.63, 3.8) is 0 Å². The minimum absolute atomic E-state index is 0.0360. The van der Waals surface area contributed by atoms with Gasteiger partial charge >= 0.3 is 5.97 Å². The molecule has 0 aliphatic carbocycles. The summed E-state index contributed by atoms with van der Waals surface area (Å²) in [6.45, 7) is 0.202. The first-order valence-corrected chi connectivity index (χ1v) is 8.42. The van der Waals surface area contributed by atoms with E-state index in [-0.39, 0.29) is 25.3 Å². The van der Waals surface area contributed by atoms with Crippen LogP contribution < -0.4 is 15.0 Å². The molecule has 9 nitrogen and oxygen atoms in total. The molecule has 9 heteroatoms. The van der Waals surface area contributed by atoms with Crippen molar-refractivity contribution in [2.24, 2.45) is 5.92 Å². The summed E-state index contributed by atoms with van der Waals surface area (Å²) in [5.74, 6) is -1.72. The van der Waals surface area contributed by atoms with Crippen LogP contribution in [0.15, 0.2) is 36.8 Å². The number of aliphatic carboxylic acids is 1. The number of hydrogen-bond donors (Lipinski definition) is 3. The zero-order valence-corrected chi connectivity index (χ0v) is 14.7. The first-order valence-electron chi connectivity index (χ1n) is 8.42. The van der Waals surface area contributed by atoms with Crippen molar-refractivity contribution in [2.75, 3.05) is 18.6 Å². The number of anilines is 1. The van der Waals surface area contributed by atoms with Gasteiger partial charge in [-0.15, -0.1) is 0 Å². The number of methoxy groups -OCH3 is 1. The highest BCUT2D eigenvalue weighted by atomic mass is 16.5. The van der Waals surface area contributed by atoms with E-state index in [1.165, 1.54) is 17.4 Å². The van der Waals surface area contributed by atoms with Crippen LogP contribution in [0.5, 0.6) is 5.75 Å². The number of benzene rings is 1. The fourth-order valence-electron chi connectivity index (χ4n) is 3.00. The number of carboxylic acids is 1. The Balaban J connectivity index is 1.64. The molecule has 2 heterocycles. The number of amides is 2. The summed E-state index contributed by atoms with van der Waals surface area (Å²) in [6, 6.07) is 5.87. The molecule has 3 rings (SSSR count). The fourth-order valence-corrected chi connectivity index (χ4v) is 3.00. The van der Waals surface area contributed by atoms with Gasteiger partial charge in [-0.2, -0.15) is 0 Å². The Morgan fingerprint density at radius 2 is 2.15 bits per heavy atom. The lowest BCUT2D eigenvalue weighted by atomic mass is 10.1. The molecular formula is C18H20N4O5. The van der Waals surface area contributed by atoms with Crippen LogP contribution in [0.3, 0.4) is 0 Å². The summed E-state index contributed by atoms with van der Waals surface area (Å²) in [5.41, 5.74) is 1.27. The number of ether oxygens (including phenoxy) is 1. The Hall–Kier alpha value is -3.36. The van der Waals surface area contributed by atoms with Crippen LogP contribution in [0, 0.1) is 5.92 Å². The molecule has 1 aliphatic heterocycles. The number of nitrogens with zero attached hydrogens (tertiary/aromatic N) is 2. The van der Waals surface area contributed by atoms with Crippen LogP contribution in [0.25, 0.3) is 0 Å². The van der Waals surface area contributed by atoms with Gasteiger partial charge < -0.3 is 25.0 Å². The van der Waals surface area contributed by atoms with Gasteiger partial charge in [-0.3, -0.25) is 9.59 Å². The van der Waals surface area contributed by atoms with Gasteiger partial charge in [-0.1, -0.05) is 0 Å². The Morgan fingerprint density at radius 3 is 2.74 bits per heavy atom. The van der Waals surface area contributed by atoms with Crippen molar-refractivity contribution < 1.29 is 24.2 Å². The average Bonchev–Trinajstić information content (AvgIpc) is 3.30. The molecule has 1 aromatic carbocycles. The maximum atomic E-state index is 12.5. The molecule has 27 heavy (non-hydrogen) atoms. The van der Waals surface area contributed by atoms with Gasteiger partial charge in [0, 0.05) is 37.0 Å². The number of hydrogen-bond acceptors (Lipinski definition) is 5. The minimum Gasteiger partial charge on any atom is -0.497 e. The number of carboxylic acid groups (broad SMARTS) is 1. The second-order valence-corrected chi connectivity index (χ2v) is 6.28. The predicted molar refractivity (Wildman–Crippen MR) is 95.3 cm³/mol. The van der Waals surface area contributed by atoms with E-state index in [2.05, 4.69) is 15.3 Å². The second-order valence-electron chi connectivity index (χ2n) is 6.28. The first kappa shape index (κ1) is 18.4. The molecule has 3 N–H and O–H groups in total. The zero-order chi connectivity index (χ0) is 19.4. The lowest BCUT2D eigenvalue weighted by molar-refractivity contribution is -0.142. The van der Waals surface area contributed by atoms with Gasteiger partial charge in [0.2, 0.25) is 11.8 Å². The lowest BCUT2D eigenvalue weighted by Crippen LogP contribution is -2.45. The normalized spacial score (nSPS) is 17.6. The summed E-state index contributed by atoms with van der Waals surface area (Å²) in [6.07, 6.45) is 3.07. The van der Waals surface area contributed by atoms with E-state index >= 15 is 0 Å². The molecule has 1 fully saturated rings. The summed E-state index contributed by atoms with van der Waals surface area (Å²) in [4.78, 5) is 44.4. The van der Waals surface area contributed by atoms with Crippen molar-refractivity contribution in [3.05, 3.63) is 42.5 Å². The molecule has 1 aromatic heterocycles. The number of aromatic nitrogens is 2. The van der Waals surface area contributed by atoms with Gasteiger partial charge in [0.05, 0.1) is 19.4 Å². The third-order valence-corrected chi connectivity index (χ3v) is 4.47. The number of imidazole rings is 1. The standard InChI is InChI=1S/C18H20N4O5/c1-27-14-4-2-13(3-5-14)22-9-11(6-16(22)23)17(24)21-15(18(25)26)7-12-8-19-10-20-12/h2-5,8,10-11,15H,6-7,9H2,1H3,(H,19,20)(H,21,24)(H,25,26). The molecular weight excluding hydrogens is 352 g/mol. The molecule has 142 valence electrons. The largest absolute Gasteiger partial charge is 0.497 e. The summed E-state index contributed by atoms with van der Waals surface area (Å²) < 4.78 is 5.10. The van der Waals surface area contributed by atoms with E-state index in [0.717, 1.165) is 0 Å². The van der Waals surface area contributed by atoms with Gasteiger partial charge in [0.1, 0.15) is 11.8 Å². The van der Waals surface area contributed by atoms with E-state index < -0.39 is 23.8 Å². The number of aromatic amines is 1. The van der Waals surface area contributed by atoms with Crippen LogP contribution in [0.2, 0.25) is 0 Å². The van der Waals surface area contributed by atoms with Gasteiger partial charge in [-0.05, 0) is 24.3 Å². The molecule has 1 aliphatic rings. The summed E-state index contributed by atoms with van der Waals surface area (Å²) in [7, 11) is 1.55. The highest BCUT2D eigenvalue weighted by Crippen LogP contribution is 2.27. The van der Waals surface area contributed by atoms with Crippen LogP contribution in [0.4, 0.5) is 5.69 Å². The van der Waals surface area contributed by atoms with Crippen molar-refractivity contribution >= 4 is 23.5 Å². The maximum absolute atomic E-state index is 12.5. The second kappa shape index (κ2) is 7.90. The first-order chi connectivity index (χ1) is 13.0. The van der Waals surface area contributed by atoms with Gasteiger partial charge in [-0.25, -0.2) is 9.78 Å². The molecule has 0 saturated carbocycles. The van der Waals surface area contributed by atoms with Gasteiger partial charge in [0.25, 0.3) is 0 Å². The third kappa shape index (κ3) is 4.25. The lowest BCUT2D eigenvalue weighted by Gasteiger charge is -2.18. The molecule has 2 atom stereocenters. The monoisotopic (exact) mass is 372 g/mol. The number of nitrogens with one attached hydrogen (secondary N) is 2. The molecule has 0 bridgehead atoms. The van der Waals surface area contributed by atoms with E-state index in [9.17, 15) is 19.5 Å². The van der Waals surface area contributed by atoms with Crippen LogP contribution >= 0.6 is 0 Å². The Labute approximate surface area is 155 Å². The van der Waals surface area contributed by atoms with E-state index in [1.54, 1.807) is 31.4 Å². The molecule has 2 amide bonds. The van der Waals surface area contributed by atoms with Crippen molar-refractivity contribution in [1.29, 1.82) is 0 Å². The molecule has 2 unspecified atom stereocenters. The third-order valence-electron chi connectivity index (χ3n) is 4.47. The van der Waals surface area contributed by atoms with Crippen LogP contribution in [-0.2, 0) is 20.8 Å². The smallest absolute Gasteiger partial charge is 0.326 e. The fraction of sp³-hybridized carbons (Fsp3) is 0.333. The summed E-state index contributed by atoms with van der Waals surface area (Å²) >= 11 is 0. The minimum atomic E-state index is -1.14. The van der Waals surface area contributed by atoms with E-state index in [1.807, 2.05) is 0 Å². The molecule has 0 spiro atoms. The number of carbonyl (C=O) groups excluding carboxylic acids is 2. The number of H-pyrrole nitrogens is 1. The van der Waals surface area contributed by atoms with Gasteiger partial charge in [0.15, 0.2) is 0 Å². The topological polar surface area (TPSA) is 125 Å². The number of carbonyl (C=O) groups is 3. The Bertz CT molecular complexity index is 819.